The van der Waals surface area contributed by atoms with Gasteiger partial charge in [-0.3, -0.25) is 9.48 Å². The lowest BCUT2D eigenvalue weighted by Crippen LogP contribution is -2.28. The van der Waals surface area contributed by atoms with Gasteiger partial charge in [0.05, 0.1) is 12.2 Å². The summed E-state index contributed by atoms with van der Waals surface area (Å²) in [4.78, 5) is 10.5. The average molecular weight is 196 g/mol. The number of primary amides is 1. The van der Waals surface area contributed by atoms with Gasteiger partial charge in [-0.15, -0.1) is 0 Å². The molecule has 1 heterocycles. The van der Waals surface area contributed by atoms with Crippen LogP contribution in [0.2, 0.25) is 0 Å². The quantitative estimate of drug-likeness (QED) is 0.689. The first-order valence-corrected chi connectivity index (χ1v) is 4.50. The molecule has 0 bridgehead atoms. The summed E-state index contributed by atoms with van der Waals surface area (Å²) in [5.41, 5.74) is 8.25. The number of carbonyl (C=O) groups excluding carboxylic acids is 1. The lowest BCUT2D eigenvalue weighted by Gasteiger charge is -2.02. The molecule has 0 atom stereocenters. The minimum Gasteiger partial charge on any atom is -0.369 e. The van der Waals surface area contributed by atoms with Crippen LogP contribution in [0.25, 0.3) is 0 Å². The fraction of sp³-hybridized carbons (Fsp3) is 0.556. The summed E-state index contributed by atoms with van der Waals surface area (Å²) >= 11 is 0. The maximum Gasteiger partial charge on any atom is 0.231 e. The van der Waals surface area contributed by atoms with Gasteiger partial charge in [0, 0.05) is 24.8 Å². The number of aromatic nitrogens is 2. The van der Waals surface area contributed by atoms with Gasteiger partial charge in [0.2, 0.25) is 5.91 Å². The van der Waals surface area contributed by atoms with E-state index in [1.54, 1.807) is 0 Å². The standard InChI is InChI=1S/C9H16N4O/c1-6-8(4-11-5-9(10)14)7(2)13(3)12-6/h11H,4-5H2,1-3H3,(H2,10,14). The van der Waals surface area contributed by atoms with Crippen molar-refractivity contribution in [3.63, 3.8) is 0 Å². The Balaban J connectivity index is 2.62. The topological polar surface area (TPSA) is 72.9 Å². The van der Waals surface area contributed by atoms with Crippen LogP contribution in [0, 0.1) is 13.8 Å². The Morgan fingerprint density at radius 3 is 2.64 bits per heavy atom. The summed E-state index contributed by atoms with van der Waals surface area (Å²) < 4.78 is 1.83. The van der Waals surface area contributed by atoms with Crippen LogP contribution in [0.3, 0.4) is 0 Å². The number of nitrogens with one attached hydrogen (secondary N) is 1. The zero-order chi connectivity index (χ0) is 10.7. The Morgan fingerprint density at radius 1 is 1.57 bits per heavy atom. The minimum absolute atomic E-state index is 0.202. The number of nitrogens with two attached hydrogens (primary N) is 1. The third-order valence-electron chi connectivity index (χ3n) is 2.26. The van der Waals surface area contributed by atoms with Crippen LogP contribution < -0.4 is 11.1 Å². The van der Waals surface area contributed by atoms with Crippen molar-refractivity contribution in [2.45, 2.75) is 20.4 Å². The summed E-state index contributed by atoms with van der Waals surface area (Å²) in [7, 11) is 1.90. The Bertz CT molecular complexity index is 343. The largest absolute Gasteiger partial charge is 0.369 e. The molecule has 0 spiro atoms. The molecule has 0 fully saturated rings. The molecule has 1 aromatic rings. The van der Waals surface area contributed by atoms with E-state index >= 15 is 0 Å². The number of hydrogen-bond acceptors (Lipinski definition) is 3. The Kier molecular flexibility index (Phi) is 3.24. The van der Waals surface area contributed by atoms with Crippen LogP contribution in [0.15, 0.2) is 0 Å². The number of nitrogens with zero attached hydrogens (tertiary/aromatic N) is 2. The molecule has 3 N–H and O–H groups in total. The van der Waals surface area contributed by atoms with Crippen molar-refractivity contribution >= 4 is 5.91 Å². The Labute approximate surface area is 83.3 Å². The fourth-order valence-electron chi connectivity index (χ4n) is 1.38. The highest BCUT2D eigenvalue weighted by Crippen LogP contribution is 2.10. The number of carbonyl (C=O) groups is 1. The summed E-state index contributed by atoms with van der Waals surface area (Å²) in [6, 6.07) is 0. The third-order valence-corrected chi connectivity index (χ3v) is 2.26. The second-order valence-electron chi connectivity index (χ2n) is 3.34. The summed E-state index contributed by atoms with van der Waals surface area (Å²) in [5, 5.41) is 7.24. The molecule has 0 saturated carbocycles. The number of amides is 1. The monoisotopic (exact) mass is 196 g/mol. The first-order chi connectivity index (χ1) is 6.52. The molecule has 5 nitrogen and oxygen atoms in total. The molecular weight excluding hydrogens is 180 g/mol. The molecule has 78 valence electrons. The van der Waals surface area contributed by atoms with E-state index in [9.17, 15) is 4.79 Å². The van der Waals surface area contributed by atoms with Crippen LogP contribution in [-0.2, 0) is 18.4 Å². The van der Waals surface area contributed by atoms with Gasteiger partial charge in [-0.25, -0.2) is 0 Å². The van der Waals surface area contributed by atoms with Crippen molar-refractivity contribution < 1.29 is 4.79 Å². The zero-order valence-electron chi connectivity index (χ0n) is 8.79. The SMILES string of the molecule is Cc1nn(C)c(C)c1CNCC(N)=O. The van der Waals surface area contributed by atoms with Crippen molar-refractivity contribution in [2.75, 3.05) is 6.54 Å². The molecule has 14 heavy (non-hydrogen) atoms. The van der Waals surface area contributed by atoms with Crippen LogP contribution in [0.1, 0.15) is 17.0 Å². The molecule has 5 heteroatoms. The van der Waals surface area contributed by atoms with Gasteiger partial charge in [0.15, 0.2) is 0 Å². The highest BCUT2D eigenvalue weighted by molar-refractivity contribution is 5.75. The summed E-state index contributed by atoms with van der Waals surface area (Å²) in [6.45, 7) is 4.79. The Morgan fingerprint density at radius 2 is 2.21 bits per heavy atom. The van der Waals surface area contributed by atoms with Crippen molar-refractivity contribution in [1.82, 2.24) is 15.1 Å². The van der Waals surface area contributed by atoms with Crippen LogP contribution >= 0.6 is 0 Å². The average Bonchev–Trinajstić information content (AvgIpc) is 2.31. The van der Waals surface area contributed by atoms with Crippen molar-refractivity contribution in [2.24, 2.45) is 12.8 Å². The van der Waals surface area contributed by atoms with Crippen LogP contribution in [0.4, 0.5) is 0 Å². The maximum absolute atomic E-state index is 10.5. The molecule has 1 aromatic heterocycles. The normalized spacial score (nSPS) is 10.5. The first-order valence-electron chi connectivity index (χ1n) is 4.50. The second-order valence-corrected chi connectivity index (χ2v) is 3.34. The summed E-state index contributed by atoms with van der Waals surface area (Å²) in [6.07, 6.45) is 0. The van der Waals surface area contributed by atoms with Gasteiger partial charge in [0.1, 0.15) is 0 Å². The number of aryl methyl sites for hydroxylation is 2. The molecule has 0 aliphatic carbocycles. The van der Waals surface area contributed by atoms with Crippen molar-refractivity contribution in [3.05, 3.63) is 17.0 Å². The van der Waals surface area contributed by atoms with Gasteiger partial charge in [-0.2, -0.15) is 5.10 Å². The highest BCUT2D eigenvalue weighted by Gasteiger charge is 2.08. The van der Waals surface area contributed by atoms with Crippen LogP contribution in [-0.4, -0.2) is 22.2 Å². The molecule has 1 rings (SSSR count). The maximum atomic E-state index is 10.5. The van der Waals surface area contributed by atoms with E-state index in [4.69, 9.17) is 5.73 Å². The van der Waals surface area contributed by atoms with E-state index in [1.807, 2.05) is 25.6 Å². The van der Waals surface area contributed by atoms with Gasteiger partial charge in [-0.05, 0) is 13.8 Å². The molecular formula is C9H16N4O. The van der Waals surface area contributed by atoms with E-state index in [1.165, 1.54) is 0 Å². The van der Waals surface area contributed by atoms with Crippen molar-refractivity contribution in [1.29, 1.82) is 0 Å². The summed E-state index contributed by atoms with van der Waals surface area (Å²) in [5.74, 6) is -0.343. The van der Waals surface area contributed by atoms with E-state index in [2.05, 4.69) is 10.4 Å². The predicted molar refractivity (Wildman–Crippen MR) is 53.6 cm³/mol. The minimum atomic E-state index is -0.343. The Hall–Kier alpha value is -1.36. The van der Waals surface area contributed by atoms with E-state index in [-0.39, 0.29) is 12.5 Å². The van der Waals surface area contributed by atoms with E-state index in [0.717, 1.165) is 17.0 Å². The lowest BCUT2D eigenvalue weighted by molar-refractivity contribution is -0.117. The van der Waals surface area contributed by atoms with E-state index < -0.39 is 0 Å². The number of rotatable bonds is 4. The zero-order valence-corrected chi connectivity index (χ0v) is 8.79. The molecule has 0 unspecified atom stereocenters. The van der Waals surface area contributed by atoms with Gasteiger partial charge < -0.3 is 11.1 Å². The second kappa shape index (κ2) is 4.23. The molecule has 1 amide bonds. The molecule has 0 radical (unpaired) electrons. The number of hydrogen-bond donors (Lipinski definition) is 2. The predicted octanol–water partition coefficient (Wildman–Crippen LogP) is -0.388. The third kappa shape index (κ3) is 2.32. The smallest absolute Gasteiger partial charge is 0.231 e. The molecule has 0 aliphatic rings. The molecule has 0 aliphatic heterocycles. The van der Waals surface area contributed by atoms with Crippen LogP contribution in [0.5, 0.6) is 0 Å². The first kappa shape index (κ1) is 10.7. The fourth-order valence-corrected chi connectivity index (χ4v) is 1.38. The van der Waals surface area contributed by atoms with Gasteiger partial charge in [0.25, 0.3) is 0 Å². The van der Waals surface area contributed by atoms with Crippen molar-refractivity contribution in [3.8, 4) is 0 Å². The van der Waals surface area contributed by atoms with E-state index in [0.29, 0.717) is 6.54 Å². The van der Waals surface area contributed by atoms with Gasteiger partial charge in [-0.1, -0.05) is 0 Å². The van der Waals surface area contributed by atoms with Gasteiger partial charge >= 0.3 is 0 Å². The highest BCUT2D eigenvalue weighted by atomic mass is 16.1. The molecule has 0 saturated heterocycles. The lowest BCUT2D eigenvalue weighted by atomic mass is 10.2. The molecule has 0 aromatic carbocycles.